The van der Waals surface area contributed by atoms with Crippen LogP contribution in [0.1, 0.15) is 37.3 Å². The third-order valence-corrected chi connectivity index (χ3v) is 5.60. The zero-order valence-electron chi connectivity index (χ0n) is 17.5. The number of hydrogen-bond acceptors (Lipinski definition) is 3. The van der Waals surface area contributed by atoms with E-state index in [0.29, 0.717) is 6.04 Å². The molecular weight excluding hydrogens is 463 g/mol. The van der Waals surface area contributed by atoms with Crippen LogP contribution >= 0.6 is 24.0 Å². The predicted molar refractivity (Wildman–Crippen MR) is 128 cm³/mol. The lowest BCUT2D eigenvalue weighted by Crippen LogP contribution is -2.49. The summed E-state index contributed by atoms with van der Waals surface area (Å²) in [6.45, 7) is 11.4. The monoisotopic (exact) mass is 500 g/mol. The molecule has 0 amide bonds. The first-order valence-electron chi connectivity index (χ1n) is 10.6. The SMILES string of the molecule is CCNC(=NCCc1ccc(C)cc1)NC1CCN(CC2CCOC2)CC1.I. The van der Waals surface area contributed by atoms with Gasteiger partial charge in [0.05, 0.1) is 6.61 Å². The Labute approximate surface area is 187 Å². The number of ether oxygens (including phenoxy) is 1. The number of aliphatic imine (C=N–C) groups is 1. The molecule has 1 aromatic carbocycles. The highest BCUT2D eigenvalue weighted by Crippen LogP contribution is 2.17. The third-order valence-electron chi connectivity index (χ3n) is 5.60. The summed E-state index contributed by atoms with van der Waals surface area (Å²) in [5.74, 6) is 1.71. The fourth-order valence-corrected chi connectivity index (χ4v) is 3.92. The van der Waals surface area contributed by atoms with Crippen LogP contribution in [0.2, 0.25) is 0 Å². The van der Waals surface area contributed by atoms with Crippen molar-refractivity contribution < 1.29 is 4.74 Å². The van der Waals surface area contributed by atoms with Crippen LogP contribution in [0.15, 0.2) is 29.3 Å². The quantitative estimate of drug-likeness (QED) is 0.343. The summed E-state index contributed by atoms with van der Waals surface area (Å²) in [6, 6.07) is 9.28. The van der Waals surface area contributed by atoms with Crippen molar-refractivity contribution in [2.24, 2.45) is 10.9 Å². The Balaban J connectivity index is 0.00000280. The normalized spacial score (nSPS) is 21.4. The van der Waals surface area contributed by atoms with Crippen LogP contribution in [0.4, 0.5) is 0 Å². The molecule has 2 saturated heterocycles. The zero-order chi connectivity index (χ0) is 18.9. The number of halogens is 1. The van der Waals surface area contributed by atoms with E-state index in [4.69, 9.17) is 9.73 Å². The van der Waals surface area contributed by atoms with Crippen molar-refractivity contribution in [3.8, 4) is 0 Å². The predicted octanol–water partition coefficient (Wildman–Crippen LogP) is 3.21. The first-order chi connectivity index (χ1) is 13.2. The molecule has 1 unspecified atom stereocenters. The van der Waals surface area contributed by atoms with Crippen molar-refractivity contribution in [3.63, 3.8) is 0 Å². The minimum atomic E-state index is 0. The number of likely N-dealkylation sites (tertiary alicyclic amines) is 1. The molecule has 1 atom stereocenters. The van der Waals surface area contributed by atoms with Crippen LogP contribution in [0.25, 0.3) is 0 Å². The fraction of sp³-hybridized carbons (Fsp3) is 0.682. The molecule has 6 heteroatoms. The van der Waals surface area contributed by atoms with E-state index >= 15 is 0 Å². The number of aryl methyl sites for hydroxylation is 1. The molecule has 2 aliphatic heterocycles. The van der Waals surface area contributed by atoms with Crippen molar-refractivity contribution in [1.29, 1.82) is 0 Å². The Morgan fingerprint density at radius 1 is 1.18 bits per heavy atom. The average Bonchev–Trinajstić information content (AvgIpc) is 3.18. The molecular formula is C22H37IN4O. The topological polar surface area (TPSA) is 48.9 Å². The highest BCUT2D eigenvalue weighted by Gasteiger charge is 2.24. The molecule has 2 fully saturated rings. The molecule has 0 radical (unpaired) electrons. The summed E-state index contributed by atoms with van der Waals surface area (Å²) in [7, 11) is 0. The van der Waals surface area contributed by atoms with Crippen LogP contribution < -0.4 is 10.6 Å². The molecule has 0 bridgehead atoms. The average molecular weight is 500 g/mol. The fourth-order valence-electron chi connectivity index (χ4n) is 3.92. The van der Waals surface area contributed by atoms with Gasteiger partial charge in [0.15, 0.2) is 5.96 Å². The first-order valence-corrected chi connectivity index (χ1v) is 10.6. The van der Waals surface area contributed by atoms with Crippen molar-refractivity contribution in [2.75, 3.05) is 45.9 Å². The highest BCUT2D eigenvalue weighted by molar-refractivity contribution is 14.0. The van der Waals surface area contributed by atoms with Gasteiger partial charge in [-0.1, -0.05) is 29.8 Å². The van der Waals surface area contributed by atoms with Gasteiger partial charge in [-0.05, 0) is 51.0 Å². The Bertz CT molecular complexity index is 579. The molecule has 0 aliphatic carbocycles. The Morgan fingerprint density at radius 2 is 1.93 bits per heavy atom. The van der Waals surface area contributed by atoms with Gasteiger partial charge in [-0.25, -0.2) is 0 Å². The van der Waals surface area contributed by atoms with Crippen molar-refractivity contribution in [3.05, 3.63) is 35.4 Å². The van der Waals surface area contributed by atoms with Gasteiger partial charge in [0, 0.05) is 45.4 Å². The van der Waals surface area contributed by atoms with Gasteiger partial charge in [0.2, 0.25) is 0 Å². The smallest absolute Gasteiger partial charge is 0.191 e. The highest BCUT2D eigenvalue weighted by atomic mass is 127. The summed E-state index contributed by atoms with van der Waals surface area (Å²) >= 11 is 0. The molecule has 1 aromatic rings. The van der Waals surface area contributed by atoms with Crippen LogP contribution in [0.5, 0.6) is 0 Å². The molecule has 0 spiro atoms. The van der Waals surface area contributed by atoms with Crippen LogP contribution in [-0.2, 0) is 11.2 Å². The summed E-state index contributed by atoms with van der Waals surface area (Å²) in [4.78, 5) is 7.40. The molecule has 5 nitrogen and oxygen atoms in total. The summed E-state index contributed by atoms with van der Waals surface area (Å²) in [5.41, 5.74) is 2.66. The first kappa shape index (κ1) is 23.4. The van der Waals surface area contributed by atoms with Gasteiger partial charge in [0.1, 0.15) is 0 Å². The minimum absolute atomic E-state index is 0. The van der Waals surface area contributed by atoms with Gasteiger partial charge in [-0.2, -0.15) is 0 Å². The van der Waals surface area contributed by atoms with E-state index < -0.39 is 0 Å². The van der Waals surface area contributed by atoms with Crippen LogP contribution in [0, 0.1) is 12.8 Å². The lowest BCUT2D eigenvalue weighted by molar-refractivity contribution is 0.150. The van der Waals surface area contributed by atoms with E-state index in [0.717, 1.165) is 44.6 Å². The van der Waals surface area contributed by atoms with Crippen LogP contribution in [-0.4, -0.2) is 62.8 Å². The molecule has 158 valence electrons. The third kappa shape index (κ3) is 7.87. The van der Waals surface area contributed by atoms with Crippen molar-refractivity contribution >= 4 is 29.9 Å². The Morgan fingerprint density at radius 3 is 2.57 bits per heavy atom. The molecule has 28 heavy (non-hydrogen) atoms. The Kier molecular flexibility index (Phi) is 10.6. The van der Waals surface area contributed by atoms with E-state index in [1.807, 2.05) is 0 Å². The number of hydrogen-bond donors (Lipinski definition) is 2. The number of guanidine groups is 1. The second kappa shape index (κ2) is 12.6. The summed E-state index contributed by atoms with van der Waals surface area (Å²) in [6.07, 6.45) is 4.60. The zero-order valence-corrected chi connectivity index (χ0v) is 19.8. The maximum Gasteiger partial charge on any atom is 0.191 e. The number of nitrogens with zero attached hydrogens (tertiary/aromatic N) is 2. The lowest BCUT2D eigenvalue weighted by Gasteiger charge is -2.34. The van der Waals surface area contributed by atoms with Gasteiger partial charge in [-0.15, -0.1) is 24.0 Å². The lowest BCUT2D eigenvalue weighted by atomic mass is 10.0. The van der Waals surface area contributed by atoms with Gasteiger partial charge < -0.3 is 20.3 Å². The van der Waals surface area contributed by atoms with Gasteiger partial charge in [-0.3, -0.25) is 4.99 Å². The number of rotatable bonds is 7. The van der Waals surface area contributed by atoms with E-state index in [1.165, 1.54) is 50.0 Å². The van der Waals surface area contributed by atoms with Crippen molar-refractivity contribution in [1.82, 2.24) is 15.5 Å². The summed E-state index contributed by atoms with van der Waals surface area (Å²) in [5, 5.41) is 7.06. The van der Waals surface area contributed by atoms with Crippen LogP contribution in [0.3, 0.4) is 0 Å². The van der Waals surface area contributed by atoms with E-state index in [1.54, 1.807) is 0 Å². The molecule has 2 N–H and O–H groups in total. The van der Waals surface area contributed by atoms with E-state index in [9.17, 15) is 0 Å². The second-order valence-corrected chi connectivity index (χ2v) is 7.95. The Hall–Kier alpha value is -0.860. The molecule has 3 rings (SSSR count). The maximum atomic E-state index is 5.51. The van der Waals surface area contributed by atoms with Gasteiger partial charge >= 0.3 is 0 Å². The van der Waals surface area contributed by atoms with Gasteiger partial charge in [0.25, 0.3) is 0 Å². The standard InChI is InChI=1S/C22H36N4O.HI/c1-3-23-22(24-12-8-19-6-4-18(2)5-7-19)25-21-9-13-26(14-10-21)16-20-11-15-27-17-20;/h4-7,20-21H,3,8-17H2,1-2H3,(H2,23,24,25);1H. The number of piperidine rings is 1. The number of benzene rings is 1. The largest absolute Gasteiger partial charge is 0.381 e. The summed E-state index contributed by atoms with van der Waals surface area (Å²) < 4.78 is 5.51. The molecule has 2 heterocycles. The molecule has 0 aromatic heterocycles. The van der Waals surface area contributed by atoms with E-state index in [-0.39, 0.29) is 24.0 Å². The molecule has 2 aliphatic rings. The minimum Gasteiger partial charge on any atom is -0.381 e. The van der Waals surface area contributed by atoms with E-state index in [2.05, 4.69) is 53.6 Å². The maximum absolute atomic E-state index is 5.51. The number of nitrogens with one attached hydrogen (secondary N) is 2. The molecule has 0 saturated carbocycles. The van der Waals surface area contributed by atoms with Crippen molar-refractivity contribution in [2.45, 2.75) is 45.6 Å². The second-order valence-electron chi connectivity index (χ2n) is 7.95.